The summed E-state index contributed by atoms with van der Waals surface area (Å²) < 4.78 is 35.5. The molecule has 0 spiro atoms. The number of benzene rings is 2. The first kappa shape index (κ1) is 22.9. The number of ether oxygens (including phenoxy) is 1. The quantitative estimate of drug-likeness (QED) is 0.535. The van der Waals surface area contributed by atoms with E-state index in [0.717, 1.165) is 5.56 Å². The van der Waals surface area contributed by atoms with E-state index < -0.39 is 16.1 Å². The van der Waals surface area contributed by atoms with Crippen molar-refractivity contribution in [2.24, 2.45) is 0 Å². The maximum atomic E-state index is 13.5. The standard InChI is InChI=1S/C22H23Cl2N3O4S/c1-14-22(32(29,30)27-10-9-16-5-3-4-6-20(16)27)15(2)26(25-14)12-18(28)13-31-21-11-17(23)7-8-19(21)24/h3-8,11,18,28H,9-10,12-13H2,1-2H3. The first-order chi connectivity index (χ1) is 15.2. The number of aliphatic hydroxyl groups excluding tert-OH is 1. The zero-order valence-electron chi connectivity index (χ0n) is 17.6. The van der Waals surface area contributed by atoms with Crippen LogP contribution in [0.1, 0.15) is 17.0 Å². The SMILES string of the molecule is Cc1nn(CC(O)COc2cc(Cl)ccc2Cl)c(C)c1S(=O)(=O)N1CCc2ccccc21. The van der Waals surface area contributed by atoms with E-state index in [1.54, 1.807) is 32.0 Å². The third-order valence-electron chi connectivity index (χ3n) is 5.42. The van der Waals surface area contributed by atoms with Gasteiger partial charge >= 0.3 is 0 Å². The minimum Gasteiger partial charge on any atom is -0.489 e. The van der Waals surface area contributed by atoms with E-state index >= 15 is 0 Å². The molecule has 7 nitrogen and oxygen atoms in total. The van der Waals surface area contributed by atoms with Crippen molar-refractivity contribution >= 4 is 38.9 Å². The van der Waals surface area contributed by atoms with Gasteiger partial charge in [-0.25, -0.2) is 8.42 Å². The topological polar surface area (TPSA) is 84.7 Å². The van der Waals surface area contributed by atoms with Crippen LogP contribution < -0.4 is 9.04 Å². The fourth-order valence-electron chi connectivity index (χ4n) is 3.93. The average molecular weight is 496 g/mol. The summed E-state index contributed by atoms with van der Waals surface area (Å²) in [6.45, 7) is 3.75. The number of anilines is 1. The fraction of sp³-hybridized carbons (Fsp3) is 0.318. The van der Waals surface area contributed by atoms with Gasteiger partial charge in [0.15, 0.2) is 0 Å². The number of hydrogen-bond donors (Lipinski definition) is 1. The number of para-hydroxylation sites is 1. The Balaban J connectivity index is 1.52. The van der Waals surface area contributed by atoms with Gasteiger partial charge in [-0.05, 0) is 44.0 Å². The predicted octanol–water partition coefficient (Wildman–Crippen LogP) is 4.00. The third-order valence-corrected chi connectivity index (χ3v) is 8.03. The van der Waals surface area contributed by atoms with Crippen molar-refractivity contribution in [1.82, 2.24) is 9.78 Å². The van der Waals surface area contributed by atoms with Crippen LogP contribution in [0.2, 0.25) is 10.0 Å². The van der Waals surface area contributed by atoms with Crippen LogP contribution in [0.15, 0.2) is 47.4 Å². The van der Waals surface area contributed by atoms with Gasteiger partial charge in [0.2, 0.25) is 0 Å². The van der Waals surface area contributed by atoms with Crippen LogP contribution in [-0.4, -0.2) is 42.6 Å². The molecule has 0 bridgehead atoms. The van der Waals surface area contributed by atoms with E-state index in [1.807, 2.05) is 24.3 Å². The molecule has 0 amide bonds. The number of aryl methyl sites for hydroxylation is 1. The minimum atomic E-state index is -3.79. The Morgan fingerprint density at radius 3 is 2.72 bits per heavy atom. The highest BCUT2D eigenvalue weighted by Crippen LogP contribution is 2.34. The first-order valence-corrected chi connectivity index (χ1v) is 12.3. The lowest BCUT2D eigenvalue weighted by atomic mass is 10.2. The molecule has 0 aliphatic carbocycles. The summed E-state index contributed by atoms with van der Waals surface area (Å²) in [7, 11) is -3.79. The Kier molecular flexibility index (Phi) is 6.40. The number of nitrogens with zero attached hydrogens (tertiary/aromatic N) is 3. The molecule has 0 radical (unpaired) electrons. The van der Waals surface area contributed by atoms with Crippen LogP contribution in [-0.2, 0) is 23.0 Å². The van der Waals surface area contributed by atoms with Gasteiger partial charge < -0.3 is 9.84 Å². The number of aromatic nitrogens is 2. The van der Waals surface area contributed by atoms with Crippen molar-refractivity contribution in [1.29, 1.82) is 0 Å². The number of aliphatic hydroxyl groups is 1. The highest BCUT2D eigenvalue weighted by molar-refractivity contribution is 7.93. The molecule has 32 heavy (non-hydrogen) atoms. The van der Waals surface area contributed by atoms with E-state index in [0.29, 0.717) is 45.8 Å². The number of sulfonamides is 1. The van der Waals surface area contributed by atoms with Crippen LogP contribution in [0.5, 0.6) is 5.75 Å². The molecule has 1 aliphatic heterocycles. The Labute approximate surface area is 197 Å². The number of rotatable bonds is 7. The van der Waals surface area contributed by atoms with Crippen LogP contribution in [0.3, 0.4) is 0 Å². The van der Waals surface area contributed by atoms with Crippen LogP contribution in [0.25, 0.3) is 0 Å². The van der Waals surface area contributed by atoms with Gasteiger partial charge in [-0.15, -0.1) is 0 Å². The van der Waals surface area contributed by atoms with Crippen LogP contribution >= 0.6 is 23.2 Å². The van der Waals surface area contributed by atoms with Crippen molar-refractivity contribution in [3.8, 4) is 5.75 Å². The van der Waals surface area contributed by atoms with Gasteiger partial charge in [0.25, 0.3) is 10.0 Å². The Morgan fingerprint density at radius 2 is 1.94 bits per heavy atom. The summed E-state index contributed by atoms with van der Waals surface area (Å²) in [5, 5.41) is 15.7. The summed E-state index contributed by atoms with van der Waals surface area (Å²) >= 11 is 12.0. The zero-order valence-corrected chi connectivity index (χ0v) is 20.0. The van der Waals surface area contributed by atoms with Gasteiger partial charge in [0, 0.05) is 17.6 Å². The monoisotopic (exact) mass is 495 g/mol. The molecule has 2 aromatic carbocycles. The summed E-state index contributed by atoms with van der Waals surface area (Å²) in [6.07, 6.45) is -0.268. The highest BCUT2D eigenvalue weighted by atomic mass is 35.5. The largest absolute Gasteiger partial charge is 0.489 e. The molecule has 3 aromatic rings. The Bertz CT molecular complexity index is 1260. The van der Waals surface area contributed by atoms with E-state index in [1.165, 1.54) is 8.99 Å². The molecule has 0 saturated carbocycles. The number of fused-ring (bicyclic) bond motifs is 1. The summed E-state index contributed by atoms with van der Waals surface area (Å²) in [4.78, 5) is 0.167. The summed E-state index contributed by atoms with van der Waals surface area (Å²) in [5.41, 5.74) is 2.56. The normalized spacial score (nSPS) is 14.5. The van der Waals surface area contributed by atoms with Crippen molar-refractivity contribution in [3.05, 3.63) is 69.5 Å². The van der Waals surface area contributed by atoms with Crippen LogP contribution in [0, 0.1) is 13.8 Å². The van der Waals surface area contributed by atoms with Crippen molar-refractivity contribution in [3.63, 3.8) is 0 Å². The molecular weight excluding hydrogens is 473 g/mol. The van der Waals surface area contributed by atoms with Gasteiger partial charge in [-0.3, -0.25) is 8.99 Å². The molecule has 4 rings (SSSR count). The predicted molar refractivity (Wildman–Crippen MR) is 124 cm³/mol. The number of hydrogen-bond acceptors (Lipinski definition) is 5. The molecule has 0 saturated heterocycles. The maximum Gasteiger partial charge on any atom is 0.268 e. The lowest BCUT2D eigenvalue weighted by Crippen LogP contribution is -2.30. The Hall–Kier alpha value is -2.26. The van der Waals surface area contributed by atoms with E-state index in [9.17, 15) is 13.5 Å². The smallest absolute Gasteiger partial charge is 0.268 e. The van der Waals surface area contributed by atoms with Gasteiger partial charge in [0.1, 0.15) is 23.4 Å². The van der Waals surface area contributed by atoms with E-state index in [4.69, 9.17) is 27.9 Å². The lowest BCUT2D eigenvalue weighted by molar-refractivity contribution is 0.0887. The van der Waals surface area contributed by atoms with Gasteiger partial charge in [-0.1, -0.05) is 41.4 Å². The van der Waals surface area contributed by atoms with E-state index in [2.05, 4.69) is 5.10 Å². The second-order valence-electron chi connectivity index (χ2n) is 7.68. The molecule has 1 aliphatic rings. The molecule has 1 atom stereocenters. The van der Waals surface area contributed by atoms with Crippen molar-refractivity contribution < 1.29 is 18.3 Å². The van der Waals surface area contributed by atoms with E-state index in [-0.39, 0.29) is 18.0 Å². The molecule has 1 aromatic heterocycles. The van der Waals surface area contributed by atoms with Gasteiger partial charge in [-0.2, -0.15) is 5.10 Å². The summed E-state index contributed by atoms with van der Waals surface area (Å²) in [6, 6.07) is 12.3. The Morgan fingerprint density at radius 1 is 1.19 bits per heavy atom. The minimum absolute atomic E-state index is 0.0556. The van der Waals surface area contributed by atoms with Crippen molar-refractivity contribution in [2.45, 2.75) is 37.8 Å². The van der Waals surface area contributed by atoms with Crippen molar-refractivity contribution in [2.75, 3.05) is 17.5 Å². The third kappa shape index (κ3) is 4.32. The second-order valence-corrected chi connectivity index (χ2v) is 10.3. The second kappa shape index (κ2) is 8.94. The zero-order chi connectivity index (χ0) is 23.0. The highest BCUT2D eigenvalue weighted by Gasteiger charge is 2.35. The molecule has 10 heteroatoms. The molecule has 170 valence electrons. The number of halogens is 2. The molecule has 0 fully saturated rings. The molecule has 2 heterocycles. The summed E-state index contributed by atoms with van der Waals surface area (Å²) in [5.74, 6) is 0.363. The fourth-order valence-corrected chi connectivity index (χ4v) is 6.14. The van der Waals surface area contributed by atoms with Gasteiger partial charge in [0.05, 0.1) is 28.6 Å². The van der Waals surface area contributed by atoms with Crippen LogP contribution in [0.4, 0.5) is 5.69 Å². The molecule has 1 unspecified atom stereocenters. The molecular formula is C22H23Cl2N3O4S. The first-order valence-electron chi connectivity index (χ1n) is 10.1. The maximum absolute atomic E-state index is 13.5. The molecule has 1 N–H and O–H groups in total. The lowest BCUT2D eigenvalue weighted by Gasteiger charge is -2.20. The average Bonchev–Trinajstić information content (AvgIpc) is 3.30.